The van der Waals surface area contributed by atoms with Gasteiger partial charge in [0.15, 0.2) is 0 Å². The minimum absolute atomic E-state index is 0.182. The van der Waals surface area contributed by atoms with E-state index < -0.39 is 12.0 Å². The Hall–Kier alpha value is -2.37. The minimum atomic E-state index is -0.490. The predicted octanol–water partition coefficient (Wildman–Crippen LogP) is 3.48. The van der Waals surface area contributed by atoms with E-state index in [2.05, 4.69) is 17.2 Å². The van der Waals surface area contributed by atoms with Crippen LogP contribution >= 0.6 is 0 Å². The van der Waals surface area contributed by atoms with Crippen LogP contribution < -0.4 is 10.6 Å². The summed E-state index contributed by atoms with van der Waals surface area (Å²) in [7, 11) is 0. The molecule has 2 N–H and O–H groups in total. The van der Waals surface area contributed by atoms with Crippen molar-refractivity contribution in [3.63, 3.8) is 0 Å². The third-order valence-electron chi connectivity index (χ3n) is 3.18. The molecule has 0 aliphatic rings. The summed E-state index contributed by atoms with van der Waals surface area (Å²) in [4.78, 5) is 23.4. The molecule has 1 atom stereocenters. The van der Waals surface area contributed by atoms with Crippen molar-refractivity contribution in [3.05, 3.63) is 42.2 Å². The molecule has 126 valence electrons. The molecule has 6 heteroatoms. The van der Waals surface area contributed by atoms with Crippen LogP contribution in [0.4, 0.5) is 14.9 Å². The Labute approximate surface area is 135 Å². The Kier molecular flexibility index (Phi) is 7.25. The van der Waals surface area contributed by atoms with Gasteiger partial charge in [-0.3, -0.25) is 4.79 Å². The maximum atomic E-state index is 12.8. The standard InChI is InChI=1S/C17H23FN2O3/c1-11(2)23-17(22)19-10-9-12(3)13(4)16(21)20-15-7-5-14(18)6-8-15/h5-8,11,13H,3,9-10H2,1-2,4H3,(H,19,22)(H,20,21)/t13-/m0/s1. The molecular formula is C17H23FN2O3. The number of anilines is 1. The van der Waals surface area contributed by atoms with Crippen molar-refractivity contribution in [1.82, 2.24) is 5.32 Å². The Morgan fingerprint density at radius 1 is 1.22 bits per heavy atom. The first kappa shape index (κ1) is 18.7. The lowest BCUT2D eigenvalue weighted by molar-refractivity contribution is -0.118. The lowest BCUT2D eigenvalue weighted by Crippen LogP contribution is -2.29. The zero-order chi connectivity index (χ0) is 17.4. The summed E-state index contributed by atoms with van der Waals surface area (Å²) in [6, 6.07) is 5.54. The first-order chi connectivity index (χ1) is 10.8. The second-order valence-electron chi connectivity index (χ2n) is 5.51. The molecule has 0 heterocycles. The van der Waals surface area contributed by atoms with Crippen LogP contribution in [0.25, 0.3) is 0 Å². The Bertz CT molecular complexity index is 555. The topological polar surface area (TPSA) is 67.4 Å². The Balaban J connectivity index is 2.39. The maximum absolute atomic E-state index is 12.8. The van der Waals surface area contributed by atoms with Gasteiger partial charge >= 0.3 is 6.09 Å². The highest BCUT2D eigenvalue weighted by atomic mass is 19.1. The quantitative estimate of drug-likeness (QED) is 0.755. The second kappa shape index (κ2) is 8.92. The number of halogens is 1. The smallest absolute Gasteiger partial charge is 0.407 e. The van der Waals surface area contributed by atoms with Gasteiger partial charge in [-0.05, 0) is 51.5 Å². The van der Waals surface area contributed by atoms with Gasteiger partial charge in [-0.1, -0.05) is 12.2 Å². The largest absolute Gasteiger partial charge is 0.447 e. The third kappa shape index (κ3) is 6.95. The second-order valence-corrected chi connectivity index (χ2v) is 5.51. The van der Waals surface area contributed by atoms with Gasteiger partial charge in [0.2, 0.25) is 5.91 Å². The molecule has 0 bridgehead atoms. The summed E-state index contributed by atoms with van der Waals surface area (Å²) in [5, 5.41) is 5.30. The highest BCUT2D eigenvalue weighted by molar-refractivity contribution is 5.94. The SMILES string of the molecule is C=C(CCNC(=O)OC(C)C)[C@H](C)C(=O)Nc1ccc(F)cc1. The summed E-state index contributed by atoms with van der Waals surface area (Å²) in [6.45, 7) is 9.48. The molecule has 1 aromatic carbocycles. The molecule has 0 saturated carbocycles. The van der Waals surface area contributed by atoms with Crippen molar-refractivity contribution in [2.45, 2.75) is 33.3 Å². The minimum Gasteiger partial charge on any atom is -0.447 e. The maximum Gasteiger partial charge on any atom is 0.407 e. The summed E-state index contributed by atoms with van der Waals surface area (Å²) in [6.07, 6.45) is -0.208. The number of hydrogen-bond acceptors (Lipinski definition) is 3. The lowest BCUT2D eigenvalue weighted by Gasteiger charge is -2.15. The van der Waals surface area contributed by atoms with E-state index in [1.807, 2.05) is 0 Å². The van der Waals surface area contributed by atoms with E-state index >= 15 is 0 Å². The van der Waals surface area contributed by atoms with Gasteiger partial charge in [0.05, 0.1) is 12.0 Å². The fourth-order valence-corrected chi connectivity index (χ4v) is 1.77. The van der Waals surface area contributed by atoms with Crippen LogP contribution in [0, 0.1) is 11.7 Å². The molecule has 0 aliphatic carbocycles. The third-order valence-corrected chi connectivity index (χ3v) is 3.18. The van der Waals surface area contributed by atoms with Crippen LogP contribution in [0.15, 0.2) is 36.4 Å². The van der Waals surface area contributed by atoms with E-state index in [0.717, 1.165) is 0 Å². The van der Waals surface area contributed by atoms with E-state index in [4.69, 9.17) is 4.74 Å². The summed E-state index contributed by atoms with van der Waals surface area (Å²) >= 11 is 0. The molecule has 23 heavy (non-hydrogen) atoms. The van der Waals surface area contributed by atoms with Gasteiger partial charge in [0.1, 0.15) is 5.82 Å². The first-order valence-electron chi connectivity index (χ1n) is 7.48. The number of rotatable bonds is 7. The predicted molar refractivity (Wildman–Crippen MR) is 87.6 cm³/mol. The van der Waals surface area contributed by atoms with Gasteiger partial charge in [-0.2, -0.15) is 0 Å². The highest BCUT2D eigenvalue weighted by Gasteiger charge is 2.16. The number of ether oxygens (including phenoxy) is 1. The Morgan fingerprint density at radius 2 is 1.83 bits per heavy atom. The number of nitrogens with one attached hydrogen (secondary N) is 2. The molecule has 0 unspecified atom stereocenters. The zero-order valence-electron chi connectivity index (χ0n) is 13.7. The van der Waals surface area contributed by atoms with Crippen molar-refractivity contribution >= 4 is 17.7 Å². The summed E-state index contributed by atoms with van der Waals surface area (Å²) in [5.74, 6) is -1.02. The average molecular weight is 322 g/mol. The molecule has 0 fully saturated rings. The number of carbonyl (C=O) groups excluding carboxylic acids is 2. The average Bonchev–Trinajstić information content (AvgIpc) is 2.47. The van der Waals surface area contributed by atoms with E-state index in [1.54, 1.807) is 20.8 Å². The van der Waals surface area contributed by atoms with E-state index in [-0.39, 0.29) is 17.8 Å². The van der Waals surface area contributed by atoms with Gasteiger partial charge < -0.3 is 15.4 Å². The fourth-order valence-electron chi connectivity index (χ4n) is 1.77. The van der Waals surface area contributed by atoms with Crippen LogP contribution in [-0.2, 0) is 9.53 Å². The zero-order valence-corrected chi connectivity index (χ0v) is 13.7. The summed E-state index contributed by atoms with van der Waals surface area (Å²) < 4.78 is 17.8. The van der Waals surface area contributed by atoms with Gasteiger partial charge in [0, 0.05) is 12.2 Å². The van der Waals surface area contributed by atoms with Gasteiger partial charge in [-0.15, -0.1) is 0 Å². The van der Waals surface area contributed by atoms with E-state index in [9.17, 15) is 14.0 Å². The van der Waals surface area contributed by atoms with E-state index in [1.165, 1.54) is 24.3 Å². The van der Waals surface area contributed by atoms with Crippen LogP contribution in [-0.4, -0.2) is 24.6 Å². The number of carbonyl (C=O) groups is 2. The molecule has 0 radical (unpaired) electrons. The van der Waals surface area contributed by atoms with Crippen molar-refractivity contribution < 1.29 is 18.7 Å². The summed E-state index contributed by atoms with van der Waals surface area (Å²) in [5.41, 5.74) is 1.21. The van der Waals surface area contributed by atoms with E-state index in [0.29, 0.717) is 24.2 Å². The highest BCUT2D eigenvalue weighted by Crippen LogP contribution is 2.16. The van der Waals surface area contributed by atoms with Crippen molar-refractivity contribution in [1.29, 1.82) is 0 Å². The van der Waals surface area contributed by atoms with Crippen LogP contribution in [0.1, 0.15) is 27.2 Å². The number of amides is 2. The monoisotopic (exact) mass is 322 g/mol. The molecule has 1 rings (SSSR count). The van der Waals surface area contributed by atoms with Crippen molar-refractivity contribution in [3.8, 4) is 0 Å². The molecule has 1 aromatic rings. The van der Waals surface area contributed by atoms with Gasteiger partial charge in [-0.25, -0.2) is 9.18 Å². The lowest BCUT2D eigenvalue weighted by atomic mass is 9.99. The number of alkyl carbamates (subject to hydrolysis) is 1. The number of benzene rings is 1. The molecule has 0 aromatic heterocycles. The molecule has 0 aliphatic heterocycles. The normalized spacial score (nSPS) is 11.7. The van der Waals surface area contributed by atoms with Crippen LogP contribution in [0.3, 0.4) is 0 Å². The molecule has 2 amide bonds. The molecule has 0 saturated heterocycles. The first-order valence-corrected chi connectivity index (χ1v) is 7.48. The molecule has 0 spiro atoms. The van der Waals surface area contributed by atoms with Gasteiger partial charge in [0.25, 0.3) is 0 Å². The molecule has 5 nitrogen and oxygen atoms in total. The van der Waals surface area contributed by atoms with Crippen LogP contribution in [0.5, 0.6) is 0 Å². The van der Waals surface area contributed by atoms with Crippen LogP contribution in [0.2, 0.25) is 0 Å². The fraction of sp³-hybridized carbons (Fsp3) is 0.412. The molecular weight excluding hydrogens is 299 g/mol. The number of hydrogen-bond donors (Lipinski definition) is 2. The van der Waals surface area contributed by atoms with Crippen molar-refractivity contribution in [2.24, 2.45) is 5.92 Å². The Morgan fingerprint density at radius 3 is 2.39 bits per heavy atom. The van der Waals surface area contributed by atoms with Crippen molar-refractivity contribution in [2.75, 3.05) is 11.9 Å².